The number of hydrogen-bond donors (Lipinski definition) is 0. The number of para-hydroxylation sites is 1. The molecule has 0 unspecified atom stereocenters. The summed E-state index contributed by atoms with van der Waals surface area (Å²) in [7, 11) is 0. The first kappa shape index (κ1) is 14.7. The average Bonchev–Trinajstić information content (AvgIpc) is 2.72. The Bertz CT molecular complexity index is 653. The number of hydrogen-bond acceptors (Lipinski definition) is 4. The van der Waals surface area contributed by atoms with Crippen molar-refractivity contribution >= 4 is 0 Å². The molecule has 4 heteroatoms. The van der Waals surface area contributed by atoms with Crippen LogP contribution >= 0.6 is 0 Å². The molecule has 1 fully saturated rings. The van der Waals surface area contributed by atoms with Gasteiger partial charge in [-0.05, 0) is 17.7 Å². The molecular weight excluding hydrogens is 288 g/mol. The van der Waals surface area contributed by atoms with Crippen LogP contribution in [0.15, 0.2) is 48.8 Å². The minimum atomic E-state index is -0.132. The zero-order valence-corrected chi connectivity index (χ0v) is 13.3. The van der Waals surface area contributed by atoms with Gasteiger partial charge < -0.3 is 9.47 Å². The van der Waals surface area contributed by atoms with Crippen LogP contribution < -0.4 is 4.74 Å². The molecule has 0 bridgehead atoms. The monoisotopic (exact) mass is 310 g/mol. The van der Waals surface area contributed by atoms with E-state index in [2.05, 4.69) is 40.2 Å². The highest BCUT2D eigenvalue weighted by Gasteiger charge is 2.39. The van der Waals surface area contributed by atoms with Gasteiger partial charge in [-0.3, -0.25) is 9.88 Å². The molecule has 120 valence electrons. The molecule has 0 atom stereocenters. The van der Waals surface area contributed by atoms with E-state index >= 15 is 0 Å². The Hall–Kier alpha value is -1.91. The SMILES string of the molecule is c1cncc(CN2Cc3ccccc3OC3(CCOCC3)C2)c1. The van der Waals surface area contributed by atoms with Crippen molar-refractivity contribution in [3.63, 3.8) is 0 Å². The maximum absolute atomic E-state index is 6.52. The summed E-state index contributed by atoms with van der Waals surface area (Å²) in [5.41, 5.74) is 2.38. The maximum atomic E-state index is 6.52. The summed E-state index contributed by atoms with van der Waals surface area (Å²) >= 11 is 0. The van der Waals surface area contributed by atoms with E-state index in [0.29, 0.717) is 0 Å². The summed E-state index contributed by atoms with van der Waals surface area (Å²) in [6.45, 7) is 4.30. The van der Waals surface area contributed by atoms with Gasteiger partial charge in [0, 0.05) is 50.4 Å². The van der Waals surface area contributed by atoms with E-state index in [1.165, 1.54) is 11.1 Å². The zero-order valence-electron chi connectivity index (χ0n) is 13.3. The van der Waals surface area contributed by atoms with E-state index < -0.39 is 0 Å². The van der Waals surface area contributed by atoms with E-state index in [1.807, 2.05) is 18.5 Å². The van der Waals surface area contributed by atoms with Gasteiger partial charge in [-0.15, -0.1) is 0 Å². The Morgan fingerprint density at radius 3 is 2.78 bits per heavy atom. The van der Waals surface area contributed by atoms with Crippen molar-refractivity contribution in [1.29, 1.82) is 0 Å². The lowest BCUT2D eigenvalue weighted by Gasteiger charge is -2.39. The van der Waals surface area contributed by atoms with Crippen molar-refractivity contribution in [1.82, 2.24) is 9.88 Å². The third-order valence-electron chi connectivity index (χ3n) is 4.74. The minimum Gasteiger partial charge on any atom is -0.485 e. The molecule has 1 saturated heterocycles. The van der Waals surface area contributed by atoms with Crippen molar-refractivity contribution in [2.24, 2.45) is 0 Å². The standard InChI is InChI=1S/C19H22N2O2/c1-2-6-18-17(5-1)14-21(13-16-4-3-9-20-12-16)15-19(23-18)7-10-22-11-8-19/h1-6,9,12H,7-8,10-11,13-15H2. The predicted octanol–water partition coefficient (Wildman–Crippen LogP) is 3.03. The predicted molar refractivity (Wildman–Crippen MR) is 88.2 cm³/mol. The van der Waals surface area contributed by atoms with E-state index in [4.69, 9.17) is 9.47 Å². The fraction of sp³-hybridized carbons (Fsp3) is 0.421. The van der Waals surface area contributed by atoms with Gasteiger partial charge in [0.1, 0.15) is 11.4 Å². The van der Waals surface area contributed by atoms with Gasteiger partial charge in [-0.1, -0.05) is 24.3 Å². The quantitative estimate of drug-likeness (QED) is 0.854. The van der Waals surface area contributed by atoms with Crippen LogP contribution in [0.3, 0.4) is 0 Å². The number of aromatic nitrogens is 1. The maximum Gasteiger partial charge on any atom is 0.126 e. The summed E-state index contributed by atoms with van der Waals surface area (Å²) in [4.78, 5) is 6.72. The number of ether oxygens (including phenoxy) is 2. The molecule has 0 N–H and O–H groups in total. The molecule has 23 heavy (non-hydrogen) atoms. The van der Waals surface area contributed by atoms with Crippen LogP contribution in [0.5, 0.6) is 5.75 Å². The third-order valence-corrected chi connectivity index (χ3v) is 4.74. The highest BCUT2D eigenvalue weighted by atomic mass is 16.5. The molecule has 0 radical (unpaired) electrons. The van der Waals surface area contributed by atoms with Crippen LogP contribution in [-0.2, 0) is 17.8 Å². The average molecular weight is 310 g/mol. The lowest BCUT2D eigenvalue weighted by atomic mass is 9.93. The number of benzene rings is 1. The van der Waals surface area contributed by atoms with Gasteiger partial charge in [0.25, 0.3) is 0 Å². The lowest BCUT2D eigenvalue weighted by molar-refractivity contribution is -0.0594. The summed E-state index contributed by atoms with van der Waals surface area (Å²) in [6, 6.07) is 12.6. The van der Waals surface area contributed by atoms with Crippen molar-refractivity contribution in [3.05, 3.63) is 59.9 Å². The van der Waals surface area contributed by atoms with Crippen molar-refractivity contribution in [2.75, 3.05) is 19.8 Å². The Morgan fingerprint density at radius 1 is 1.09 bits per heavy atom. The van der Waals surface area contributed by atoms with Crippen LogP contribution in [0.4, 0.5) is 0 Å². The summed E-state index contributed by atoms with van der Waals surface area (Å²) in [6.07, 6.45) is 5.67. The fourth-order valence-electron chi connectivity index (χ4n) is 3.57. The number of fused-ring (bicyclic) bond motifs is 1. The van der Waals surface area contributed by atoms with Gasteiger partial charge in [-0.25, -0.2) is 0 Å². The lowest BCUT2D eigenvalue weighted by Crippen LogP contribution is -2.49. The van der Waals surface area contributed by atoms with Crippen LogP contribution in [0.1, 0.15) is 24.0 Å². The Kier molecular flexibility index (Phi) is 4.02. The molecule has 1 spiro atoms. The molecule has 2 aliphatic heterocycles. The molecule has 1 aromatic carbocycles. The molecule has 1 aromatic heterocycles. The molecule has 2 aromatic rings. The normalized spacial score (nSPS) is 20.5. The van der Waals surface area contributed by atoms with E-state index in [9.17, 15) is 0 Å². The van der Waals surface area contributed by atoms with Crippen LogP contribution in [-0.4, -0.2) is 35.2 Å². The van der Waals surface area contributed by atoms with Crippen LogP contribution in [0.25, 0.3) is 0 Å². The molecule has 0 saturated carbocycles. The molecule has 3 heterocycles. The molecule has 0 amide bonds. The summed E-state index contributed by atoms with van der Waals surface area (Å²) in [5, 5.41) is 0. The minimum absolute atomic E-state index is 0.132. The topological polar surface area (TPSA) is 34.6 Å². The van der Waals surface area contributed by atoms with Crippen molar-refractivity contribution in [2.45, 2.75) is 31.5 Å². The first-order chi connectivity index (χ1) is 11.3. The summed E-state index contributed by atoms with van der Waals surface area (Å²) in [5.74, 6) is 1.03. The molecule has 4 nitrogen and oxygen atoms in total. The van der Waals surface area contributed by atoms with Crippen LogP contribution in [0.2, 0.25) is 0 Å². The van der Waals surface area contributed by atoms with Gasteiger partial charge in [-0.2, -0.15) is 0 Å². The second kappa shape index (κ2) is 6.30. The van der Waals surface area contributed by atoms with Crippen LogP contribution in [0, 0.1) is 0 Å². The fourth-order valence-corrected chi connectivity index (χ4v) is 3.57. The first-order valence-electron chi connectivity index (χ1n) is 8.29. The summed E-state index contributed by atoms with van der Waals surface area (Å²) < 4.78 is 12.1. The Morgan fingerprint density at radius 2 is 1.96 bits per heavy atom. The highest BCUT2D eigenvalue weighted by molar-refractivity contribution is 5.35. The van der Waals surface area contributed by atoms with Gasteiger partial charge in [0.2, 0.25) is 0 Å². The van der Waals surface area contributed by atoms with Gasteiger partial charge in [0.05, 0.1) is 13.2 Å². The smallest absolute Gasteiger partial charge is 0.126 e. The number of rotatable bonds is 2. The van der Waals surface area contributed by atoms with Crippen molar-refractivity contribution in [3.8, 4) is 5.75 Å². The molecular formula is C19H22N2O2. The second-order valence-electron chi connectivity index (χ2n) is 6.51. The molecule has 0 aliphatic carbocycles. The molecule has 4 rings (SSSR count). The Labute approximate surface area is 137 Å². The zero-order chi connectivity index (χ0) is 15.5. The number of pyridine rings is 1. The second-order valence-corrected chi connectivity index (χ2v) is 6.51. The Balaban J connectivity index is 1.63. The van der Waals surface area contributed by atoms with Gasteiger partial charge >= 0.3 is 0 Å². The van der Waals surface area contributed by atoms with E-state index in [-0.39, 0.29) is 5.60 Å². The van der Waals surface area contributed by atoms with E-state index in [1.54, 1.807) is 0 Å². The first-order valence-corrected chi connectivity index (χ1v) is 8.29. The largest absolute Gasteiger partial charge is 0.485 e. The third kappa shape index (κ3) is 3.23. The molecule has 2 aliphatic rings. The van der Waals surface area contributed by atoms with Crippen molar-refractivity contribution < 1.29 is 9.47 Å². The highest BCUT2D eigenvalue weighted by Crippen LogP contribution is 2.35. The number of nitrogens with zero attached hydrogens (tertiary/aromatic N) is 2. The van der Waals surface area contributed by atoms with E-state index in [0.717, 1.165) is 51.4 Å². The van der Waals surface area contributed by atoms with Gasteiger partial charge in [0.15, 0.2) is 0 Å².